The van der Waals surface area contributed by atoms with Crippen molar-refractivity contribution in [2.45, 2.75) is 19.8 Å². The van der Waals surface area contributed by atoms with Crippen molar-refractivity contribution in [2.24, 2.45) is 0 Å². The van der Waals surface area contributed by atoms with Gasteiger partial charge in [-0.3, -0.25) is 4.79 Å². The molecule has 0 saturated heterocycles. The molecule has 142 valence electrons. The number of pyridine rings is 1. The van der Waals surface area contributed by atoms with Crippen molar-refractivity contribution in [1.29, 1.82) is 0 Å². The number of hydrogen-bond acceptors (Lipinski definition) is 4. The van der Waals surface area contributed by atoms with Gasteiger partial charge in [0.25, 0.3) is 5.91 Å². The van der Waals surface area contributed by atoms with Gasteiger partial charge >= 0.3 is 0 Å². The van der Waals surface area contributed by atoms with E-state index in [9.17, 15) is 4.79 Å². The first-order valence-electron chi connectivity index (χ1n) is 9.60. The number of aromatic nitrogens is 1. The lowest BCUT2D eigenvalue weighted by Gasteiger charge is -2.29. The van der Waals surface area contributed by atoms with Crippen LogP contribution >= 0.6 is 0 Å². The molecule has 5 nitrogen and oxygen atoms in total. The van der Waals surface area contributed by atoms with Crippen LogP contribution in [0, 0.1) is 0 Å². The fraction of sp³-hybridized carbons (Fsp3) is 0.217. The minimum Gasteiger partial charge on any atom is -0.494 e. The summed E-state index contributed by atoms with van der Waals surface area (Å²) >= 11 is 0. The summed E-state index contributed by atoms with van der Waals surface area (Å²) in [4.78, 5) is 19.2. The number of aryl methyl sites for hydroxylation is 1. The number of benzene rings is 2. The van der Waals surface area contributed by atoms with Gasteiger partial charge in [0, 0.05) is 17.9 Å². The zero-order valence-electron chi connectivity index (χ0n) is 15.9. The molecule has 1 amide bonds. The van der Waals surface area contributed by atoms with Crippen LogP contribution in [0.4, 0.5) is 17.1 Å². The lowest BCUT2D eigenvalue weighted by molar-refractivity contribution is 0.0980. The molecule has 1 N–H and O–H groups in total. The third kappa shape index (κ3) is 3.83. The summed E-state index contributed by atoms with van der Waals surface area (Å²) in [5.41, 5.74) is 4.44. The zero-order chi connectivity index (χ0) is 19.3. The van der Waals surface area contributed by atoms with Crippen molar-refractivity contribution in [3.8, 4) is 5.75 Å². The van der Waals surface area contributed by atoms with E-state index >= 15 is 0 Å². The van der Waals surface area contributed by atoms with Crippen LogP contribution < -0.4 is 15.0 Å². The van der Waals surface area contributed by atoms with Gasteiger partial charge in [0.15, 0.2) is 0 Å². The quantitative estimate of drug-likeness (QED) is 0.697. The van der Waals surface area contributed by atoms with Gasteiger partial charge < -0.3 is 15.0 Å². The van der Waals surface area contributed by atoms with Crippen LogP contribution in [0.25, 0.3) is 0 Å². The van der Waals surface area contributed by atoms with Crippen molar-refractivity contribution in [2.75, 3.05) is 23.4 Å². The highest BCUT2D eigenvalue weighted by molar-refractivity contribution is 6.05. The molecule has 4 rings (SSSR count). The number of anilines is 3. The van der Waals surface area contributed by atoms with Crippen molar-refractivity contribution < 1.29 is 9.53 Å². The normalized spacial score (nSPS) is 13.0. The molecule has 28 heavy (non-hydrogen) atoms. The average molecular weight is 373 g/mol. The predicted molar refractivity (Wildman–Crippen MR) is 112 cm³/mol. The minimum atomic E-state index is -0.0558. The smallest absolute Gasteiger partial charge is 0.276 e. The molecule has 0 bridgehead atoms. The van der Waals surface area contributed by atoms with Gasteiger partial charge in [-0.1, -0.05) is 18.2 Å². The van der Waals surface area contributed by atoms with Gasteiger partial charge in [-0.25, -0.2) is 4.98 Å². The number of nitrogens with zero attached hydrogens (tertiary/aromatic N) is 2. The Kier molecular flexibility index (Phi) is 5.24. The second kappa shape index (κ2) is 8.13. The first kappa shape index (κ1) is 18.0. The van der Waals surface area contributed by atoms with Crippen LogP contribution in [0.3, 0.4) is 0 Å². The van der Waals surface area contributed by atoms with E-state index in [1.54, 1.807) is 12.3 Å². The summed E-state index contributed by atoms with van der Waals surface area (Å²) in [6.45, 7) is 3.33. The largest absolute Gasteiger partial charge is 0.494 e. The summed E-state index contributed by atoms with van der Waals surface area (Å²) in [7, 11) is 0. The van der Waals surface area contributed by atoms with E-state index in [1.807, 2.05) is 60.4 Å². The maximum Gasteiger partial charge on any atom is 0.276 e. The number of nitrogens with one attached hydrogen (secondary N) is 1. The van der Waals surface area contributed by atoms with Gasteiger partial charge in [0.1, 0.15) is 11.4 Å². The molecular formula is C23H23N3O2. The Hall–Kier alpha value is -3.34. The summed E-state index contributed by atoms with van der Waals surface area (Å²) in [6, 6.07) is 19.5. The number of rotatable bonds is 5. The number of hydrogen-bond donors (Lipinski definition) is 1. The van der Waals surface area contributed by atoms with Crippen LogP contribution in [0.5, 0.6) is 5.75 Å². The van der Waals surface area contributed by atoms with E-state index in [0.29, 0.717) is 12.3 Å². The maximum absolute atomic E-state index is 13.0. The maximum atomic E-state index is 13.0. The Bertz CT molecular complexity index is 952. The summed E-state index contributed by atoms with van der Waals surface area (Å²) in [5.74, 6) is 0.786. The van der Waals surface area contributed by atoms with Crippen molar-refractivity contribution in [1.82, 2.24) is 4.98 Å². The Morgan fingerprint density at radius 2 is 1.86 bits per heavy atom. The molecule has 3 aromatic rings. The van der Waals surface area contributed by atoms with Gasteiger partial charge in [-0.2, -0.15) is 0 Å². The third-order valence-electron chi connectivity index (χ3n) is 4.79. The van der Waals surface area contributed by atoms with E-state index in [0.717, 1.165) is 42.2 Å². The Morgan fingerprint density at radius 3 is 2.61 bits per heavy atom. The van der Waals surface area contributed by atoms with Crippen LogP contribution in [0.15, 0.2) is 66.9 Å². The number of carbonyl (C=O) groups is 1. The summed E-state index contributed by atoms with van der Waals surface area (Å²) in [6.07, 6.45) is 3.68. The fourth-order valence-electron chi connectivity index (χ4n) is 3.44. The highest BCUT2D eigenvalue weighted by atomic mass is 16.5. The van der Waals surface area contributed by atoms with E-state index < -0.39 is 0 Å². The van der Waals surface area contributed by atoms with Crippen LogP contribution in [-0.2, 0) is 6.42 Å². The second-order valence-corrected chi connectivity index (χ2v) is 6.70. The number of carbonyl (C=O) groups excluding carboxylic acids is 1. The fourth-order valence-corrected chi connectivity index (χ4v) is 3.44. The molecule has 1 aliphatic heterocycles. The Balaban J connectivity index is 1.47. The van der Waals surface area contributed by atoms with Crippen molar-refractivity contribution in [3.63, 3.8) is 0 Å². The number of para-hydroxylation sites is 1. The minimum absolute atomic E-state index is 0.0558. The predicted octanol–water partition coefficient (Wildman–Crippen LogP) is 4.82. The van der Waals surface area contributed by atoms with E-state index in [1.165, 1.54) is 5.56 Å². The highest BCUT2D eigenvalue weighted by Crippen LogP contribution is 2.28. The molecule has 0 atom stereocenters. The molecule has 1 aliphatic rings. The van der Waals surface area contributed by atoms with Crippen molar-refractivity contribution >= 4 is 23.0 Å². The number of fused-ring (bicyclic) bond motifs is 1. The molecule has 2 aromatic carbocycles. The average Bonchev–Trinajstić information content (AvgIpc) is 2.75. The second-order valence-electron chi connectivity index (χ2n) is 6.70. The highest BCUT2D eigenvalue weighted by Gasteiger charge is 2.23. The third-order valence-corrected chi connectivity index (χ3v) is 4.79. The summed E-state index contributed by atoms with van der Waals surface area (Å²) < 4.78 is 5.45. The molecule has 0 saturated carbocycles. The van der Waals surface area contributed by atoms with E-state index in [2.05, 4.69) is 16.4 Å². The molecule has 0 spiro atoms. The SMILES string of the molecule is CCOc1ccc(Nc2ccc(C(=O)N3CCCc4ccccc43)nc2)cc1. The standard InChI is InChI=1S/C23H23N3O2/c1-2-28-20-12-9-18(10-13-20)25-19-11-14-21(24-16-19)23(27)26-15-5-7-17-6-3-4-8-22(17)26/h3-4,6,8-14,16,25H,2,5,7,15H2,1H3. The van der Waals surface area contributed by atoms with E-state index in [4.69, 9.17) is 4.74 Å². The molecule has 0 unspecified atom stereocenters. The lowest BCUT2D eigenvalue weighted by atomic mass is 10.0. The number of amides is 1. The summed E-state index contributed by atoms with van der Waals surface area (Å²) in [5, 5.41) is 3.29. The Labute approximate surface area is 165 Å². The molecule has 5 heteroatoms. The topological polar surface area (TPSA) is 54.5 Å². The van der Waals surface area contributed by atoms with Crippen LogP contribution in [0.2, 0.25) is 0 Å². The van der Waals surface area contributed by atoms with Gasteiger partial charge in [0.05, 0.1) is 18.5 Å². The molecular weight excluding hydrogens is 350 g/mol. The zero-order valence-corrected chi connectivity index (χ0v) is 15.9. The van der Waals surface area contributed by atoms with Crippen LogP contribution in [0.1, 0.15) is 29.4 Å². The monoisotopic (exact) mass is 373 g/mol. The molecule has 1 aromatic heterocycles. The molecule has 0 aliphatic carbocycles. The van der Waals surface area contributed by atoms with Crippen molar-refractivity contribution in [3.05, 3.63) is 78.1 Å². The lowest BCUT2D eigenvalue weighted by Crippen LogP contribution is -2.35. The van der Waals surface area contributed by atoms with Crippen LogP contribution in [-0.4, -0.2) is 24.0 Å². The first-order chi connectivity index (χ1) is 13.7. The first-order valence-corrected chi connectivity index (χ1v) is 9.60. The van der Waals surface area contributed by atoms with E-state index in [-0.39, 0.29) is 5.91 Å². The Morgan fingerprint density at radius 1 is 1.07 bits per heavy atom. The molecule has 0 fully saturated rings. The van der Waals surface area contributed by atoms with Gasteiger partial charge in [-0.15, -0.1) is 0 Å². The van der Waals surface area contributed by atoms with Gasteiger partial charge in [-0.05, 0) is 67.8 Å². The number of ether oxygens (including phenoxy) is 1. The molecule has 0 radical (unpaired) electrons. The molecule has 2 heterocycles. The van der Waals surface area contributed by atoms with Gasteiger partial charge in [0.2, 0.25) is 0 Å².